The van der Waals surface area contributed by atoms with Gasteiger partial charge in [-0.3, -0.25) is 0 Å². The highest BCUT2D eigenvalue weighted by Gasteiger charge is 2.19. The highest BCUT2D eigenvalue weighted by atomic mass is 15.0. The molecular formula is C42H36N2. The summed E-state index contributed by atoms with van der Waals surface area (Å²) in [5, 5.41) is 5.19. The summed E-state index contributed by atoms with van der Waals surface area (Å²) in [6.07, 6.45) is 1.03. The Hall–Kier alpha value is -5.08. The molecular weight excluding hydrogens is 532 g/mol. The van der Waals surface area contributed by atoms with Crippen LogP contribution >= 0.6 is 0 Å². The Balaban J connectivity index is 1.30. The van der Waals surface area contributed by atoms with Crippen LogP contribution in [-0.2, 0) is 11.8 Å². The minimum atomic E-state index is 0.0721. The molecule has 0 atom stereocenters. The summed E-state index contributed by atoms with van der Waals surface area (Å²) in [7, 11) is 0. The standard InChI is InChI=1S/C42H36N2/c1-5-28-20-23-40-37(24-28)35-17-7-9-19-39(35)43(40)32-14-10-12-29(25-32)30-13-11-15-33(26-30)44-38-18-8-6-16-34(38)36-22-21-31(27-41(36)44)42(2,3)4/h6-27H,5H2,1-4H3. The topological polar surface area (TPSA) is 9.86 Å². The van der Waals surface area contributed by atoms with Crippen molar-refractivity contribution in [3.05, 3.63) is 145 Å². The number of hydrogen-bond donors (Lipinski definition) is 0. The maximum atomic E-state index is 2.44. The predicted molar refractivity (Wildman–Crippen MR) is 189 cm³/mol. The summed E-state index contributed by atoms with van der Waals surface area (Å²) >= 11 is 0. The molecule has 44 heavy (non-hydrogen) atoms. The van der Waals surface area contributed by atoms with Crippen molar-refractivity contribution in [2.75, 3.05) is 0 Å². The van der Waals surface area contributed by atoms with Crippen LogP contribution in [0.3, 0.4) is 0 Å². The number of aryl methyl sites for hydroxylation is 1. The van der Waals surface area contributed by atoms with Gasteiger partial charge in [0, 0.05) is 32.9 Å². The minimum Gasteiger partial charge on any atom is -0.309 e. The first-order valence-corrected chi connectivity index (χ1v) is 15.7. The predicted octanol–water partition coefficient (Wildman–Crippen LogP) is 11.4. The number of benzene rings is 6. The SMILES string of the molecule is CCc1ccc2c(c1)c1ccccc1n2-c1cccc(-c2cccc(-n3c4ccccc4c4ccc(C(C)(C)C)cc43)c2)c1. The quantitative estimate of drug-likeness (QED) is 0.200. The van der Waals surface area contributed by atoms with Crippen molar-refractivity contribution >= 4 is 43.6 Å². The third-order valence-electron chi connectivity index (χ3n) is 9.23. The van der Waals surface area contributed by atoms with Gasteiger partial charge in [-0.05, 0) is 88.7 Å². The van der Waals surface area contributed by atoms with E-state index in [1.165, 1.54) is 77.2 Å². The van der Waals surface area contributed by atoms with Gasteiger partial charge >= 0.3 is 0 Å². The van der Waals surface area contributed by atoms with Crippen LogP contribution in [0.2, 0.25) is 0 Å². The fourth-order valence-corrected chi connectivity index (χ4v) is 6.88. The van der Waals surface area contributed by atoms with E-state index in [0.717, 1.165) is 6.42 Å². The van der Waals surface area contributed by atoms with Crippen molar-refractivity contribution in [2.45, 2.75) is 39.5 Å². The maximum absolute atomic E-state index is 2.44. The monoisotopic (exact) mass is 568 g/mol. The first kappa shape index (κ1) is 26.5. The van der Waals surface area contributed by atoms with Gasteiger partial charge in [-0.25, -0.2) is 0 Å². The smallest absolute Gasteiger partial charge is 0.0544 e. The van der Waals surface area contributed by atoms with Crippen LogP contribution in [0.1, 0.15) is 38.8 Å². The molecule has 0 bridgehead atoms. The van der Waals surface area contributed by atoms with Crippen molar-refractivity contribution in [1.82, 2.24) is 9.13 Å². The molecule has 6 aromatic carbocycles. The number of para-hydroxylation sites is 2. The van der Waals surface area contributed by atoms with E-state index < -0.39 is 0 Å². The molecule has 0 saturated heterocycles. The lowest BCUT2D eigenvalue weighted by atomic mass is 9.86. The number of aromatic nitrogens is 2. The van der Waals surface area contributed by atoms with Crippen LogP contribution in [0.15, 0.2) is 133 Å². The molecule has 0 fully saturated rings. The largest absolute Gasteiger partial charge is 0.309 e. The van der Waals surface area contributed by atoms with E-state index in [1.54, 1.807) is 0 Å². The van der Waals surface area contributed by atoms with Gasteiger partial charge < -0.3 is 9.13 Å². The van der Waals surface area contributed by atoms with Crippen molar-refractivity contribution in [1.29, 1.82) is 0 Å². The molecule has 2 aromatic heterocycles. The van der Waals surface area contributed by atoms with Crippen molar-refractivity contribution in [2.24, 2.45) is 0 Å². The molecule has 0 unspecified atom stereocenters. The van der Waals surface area contributed by atoms with E-state index in [9.17, 15) is 0 Å². The third kappa shape index (κ3) is 4.17. The van der Waals surface area contributed by atoms with Gasteiger partial charge in [-0.1, -0.05) is 107 Å². The van der Waals surface area contributed by atoms with Crippen LogP contribution in [0.4, 0.5) is 0 Å². The molecule has 2 heterocycles. The summed E-state index contributed by atoms with van der Waals surface area (Å²) < 4.78 is 4.85. The molecule has 0 radical (unpaired) electrons. The van der Waals surface area contributed by atoms with Gasteiger partial charge in [0.2, 0.25) is 0 Å². The fraction of sp³-hybridized carbons (Fsp3) is 0.143. The molecule has 214 valence electrons. The van der Waals surface area contributed by atoms with Crippen LogP contribution in [0.5, 0.6) is 0 Å². The number of rotatable bonds is 4. The fourth-order valence-electron chi connectivity index (χ4n) is 6.88. The molecule has 0 N–H and O–H groups in total. The van der Waals surface area contributed by atoms with E-state index >= 15 is 0 Å². The van der Waals surface area contributed by atoms with Crippen molar-refractivity contribution < 1.29 is 0 Å². The van der Waals surface area contributed by atoms with E-state index in [2.05, 4.69) is 170 Å². The number of hydrogen-bond acceptors (Lipinski definition) is 0. The second-order valence-electron chi connectivity index (χ2n) is 13.0. The van der Waals surface area contributed by atoms with E-state index in [-0.39, 0.29) is 5.41 Å². The Morgan fingerprint density at radius 1 is 0.455 bits per heavy atom. The Morgan fingerprint density at radius 2 is 1.00 bits per heavy atom. The molecule has 2 heteroatoms. The summed E-state index contributed by atoms with van der Waals surface area (Å²) in [6, 6.07) is 49.4. The number of nitrogens with zero attached hydrogens (tertiary/aromatic N) is 2. The zero-order chi connectivity index (χ0) is 30.0. The maximum Gasteiger partial charge on any atom is 0.0544 e. The van der Waals surface area contributed by atoms with Gasteiger partial charge in [0.25, 0.3) is 0 Å². The van der Waals surface area contributed by atoms with E-state index in [4.69, 9.17) is 0 Å². The zero-order valence-corrected chi connectivity index (χ0v) is 25.8. The minimum absolute atomic E-state index is 0.0721. The summed E-state index contributed by atoms with van der Waals surface area (Å²) in [5.74, 6) is 0. The van der Waals surface area contributed by atoms with Crippen LogP contribution < -0.4 is 0 Å². The second kappa shape index (κ2) is 9.99. The summed E-state index contributed by atoms with van der Waals surface area (Å²) in [6.45, 7) is 9.08. The molecule has 0 aliphatic rings. The third-order valence-corrected chi connectivity index (χ3v) is 9.23. The summed E-state index contributed by atoms with van der Waals surface area (Å²) in [5.41, 5.74) is 12.5. The Labute approximate surface area is 258 Å². The van der Waals surface area contributed by atoms with Gasteiger partial charge in [-0.2, -0.15) is 0 Å². The van der Waals surface area contributed by atoms with E-state index in [1.807, 2.05) is 0 Å². The first-order valence-electron chi connectivity index (χ1n) is 15.7. The molecule has 0 aliphatic carbocycles. The lowest BCUT2D eigenvalue weighted by molar-refractivity contribution is 0.591. The van der Waals surface area contributed by atoms with Gasteiger partial charge in [0.05, 0.1) is 22.1 Å². The van der Waals surface area contributed by atoms with E-state index in [0.29, 0.717) is 0 Å². The Bertz CT molecular complexity index is 2360. The molecule has 0 aliphatic heterocycles. The molecule has 0 amide bonds. The Morgan fingerprint density at radius 3 is 1.61 bits per heavy atom. The molecule has 8 rings (SSSR count). The second-order valence-corrected chi connectivity index (χ2v) is 13.0. The normalized spacial score (nSPS) is 12.2. The molecule has 8 aromatic rings. The molecule has 2 nitrogen and oxygen atoms in total. The highest BCUT2D eigenvalue weighted by Crippen LogP contribution is 2.37. The zero-order valence-electron chi connectivity index (χ0n) is 25.8. The average molecular weight is 569 g/mol. The Kier molecular flexibility index (Phi) is 6.03. The highest BCUT2D eigenvalue weighted by molar-refractivity contribution is 6.10. The average Bonchev–Trinajstić information content (AvgIpc) is 3.56. The van der Waals surface area contributed by atoms with Crippen molar-refractivity contribution in [3.8, 4) is 22.5 Å². The van der Waals surface area contributed by atoms with Crippen LogP contribution in [0, 0.1) is 0 Å². The first-order chi connectivity index (χ1) is 21.4. The van der Waals surface area contributed by atoms with Crippen molar-refractivity contribution in [3.63, 3.8) is 0 Å². The lowest BCUT2D eigenvalue weighted by Gasteiger charge is -2.19. The number of fused-ring (bicyclic) bond motifs is 6. The lowest BCUT2D eigenvalue weighted by Crippen LogP contribution is -2.10. The van der Waals surface area contributed by atoms with Crippen LogP contribution in [-0.4, -0.2) is 9.13 Å². The molecule has 0 spiro atoms. The van der Waals surface area contributed by atoms with Gasteiger partial charge in [-0.15, -0.1) is 0 Å². The van der Waals surface area contributed by atoms with Gasteiger partial charge in [0.15, 0.2) is 0 Å². The summed E-state index contributed by atoms with van der Waals surface area (Å²) in [4.78, 5) is 0. The molecule has 0 saturated carbocycles. The van der Waals surface area contributed by atoms with Gasteiger partial charge in [0.1, 0.15) is 0 Å². The van der Waals surface area contributed by atoms with Crippen LogP contribution in [0.25, 0.3) is 66.1 Å².